The van der Waals surface area contributed by atoms with Crippen molar-refractivity contribution in [2.75, 3.05) is 18.0 Å². The normalized spacial score (nSPS) is 23.2. The third-order valence-electron chi connectivity index (χ3n) is 2.21. The van der Waals surface area contributed by atoms with Gasteiger partial charge in [0, 0.05) is 19.1 Å². The predicted octanol–water partition coefficient (Wildman–Crippen LogP) is -0.201. The van der Waals surface area contributed by atoms with Crippen LogP contribution in [0.15, 0.2) is 12.4 Å². The molecule has 0 saturated carbocycles. The van der Waals surface area contributed by atoms with Crippen LogP contribution in [0.4, 0.5) is 5.95 Å². The zero-order chi connectivity index (χ0) is 9.10. The molecule has 70 valence electrons. The van der Waals surface area contributed by atoms with E-state index in [1.165, 1.54) is 0 Å². The van der Waals surface area contributed by atoms with Crippen molar-refractivity contribution >= 4 is 5.95 Å². The number of aromatic nitrogens is 3. The Balaban J connectivity index is 2.08. The van der Waals surface area contributed by atoms with Crippen LogP contribution in [0.25, 0.3) is 0 Å². The first-order valence-corrected chi connectivity index (χ1v) is 4.50. The van der Waals surface area contributed by atoms with Gasteiger partial charge in [-0.3, -0.25) is 0 Å². The SMILES string of the molecule is NC1CCCN(c2nccnn2)C1. The van der Waals surface area contributed by atoms with Crippen molar-refractivity contribution in [3.05, 3.63) is 12.4 Å². The highest BCUT2D eigenvalue weighted by Crippen LogP contribution is 2.12. The van der Waals surface area contributed by atoms with Crippen molar-refractivity contribution in [3.8, 4) is 0 Å². The first-order valence-electron chi connectivity index (χ1n) is 4.50. The van der Waals surface area contributed by atoms with Crippen LogP contribution < -0.4 is 10.6 Å². The van der Waals surface area contributed by atoms with Crippen LogP contribution in [0, 0.1) is 0 Å². The summed E-state index contributed by atoms with van der Waals surface area (Å²) in [5.41, 5.74) is 5.84. The molecule has 2 rings (SSSR count). The van der Waals surface area contributed by atoms with E-state index in [1.54, 1.807) is 12.4 Å². The number of hydrogen-bond acceptors (Lipinski definition) is 5. The lowest BCUT2D eigenvalue weighted by Gasteiger charge is -2.30. The lowest BCUT2D eigenvalue weighted by molar-refractivity contribution is 0.498. The number of nitrogens with zero attached hydrogens (tertiary/aromatic N) is 4. The van der Waals surface area contributed by atoms with E-state index in [0.29, 0.717) is 5.95 Å². The first-order chi connectivity index (χ1) is 6.36. The molecule has 0 aliphatic carbocycles. The Kier molecular flexibility index (Phi) is 2.35. The maximum Gasteiger partial charge on any atom is 0.245 e. The molecule has 1 aliphatic heterocycles. The smallest absolute Gasteiger partial charge is 0.245 e. The third kappa shape index (κ3) is 1.92. The van der Waals surface area contributed by atoms with Gasteiger partial charge < -0.3 is 10.6 Å². The Hall–Kier alpha value is -1.23. The molecule has 1 aromatic heterocycles. The first kappa shape index (κ1) is 8.37. The van der Waals surface area contributed by atoms with Gasteiger partial charge in [-0.05, 0) is 12.8 Å². The molecule has 5 heteroatoms. The van der Waals surface area contributed by atoms with E-state index in [9.17, 15) is 0 Å². The van der Waals surface area contributed by atoms with Gasteiger partial charge in [-0.1, -0.05) is 0 Å². The van der Waals surface area contributed by atoms with E-state index in [1.807, 2.05) is 0 Å². The van der Waals surface area contributed by atoms with Gasteiger partial charge in [0.1, 0.15) is 0 Å². The molecule has 1 unspecified atom stereocenters. The van der Waals surface area contributed by atoms with Crippen molar-refractivity contribution in [1.29, 1.82) is 0 Å². The fraction of sp³-hybridized carbons (Fsp3) is 0.625. The van der Waals surface area contributed by atoms with Crippen LogP contribution in [0.3, 0.4) is 0 Å². The number of piperidine rings is 1. The standard InChI is InChI=1S/C8H13N5/c9-7-2-1-5-13(6-7)8-10-3-4-11-12-8/h3-4,7H,1-2,5-6,9H2. The lowest BCUT2D eigenvalue weighted by atomic mass is 10.1. The minimum atomic E-state index is 0.248. The van der Waals surface area contributed by atoms with Crippen molar-refractivity contribution < 1.29 is 0 Å². The highest BCUT2D eigenvalue weighted by molar-refractivity contribution is 5.28. The van der Waals surface area contributed by atoms with Crippen molar-refractivity contribution in [3.63, 3.8) is 0 Å². The molecule has 1 aliphatic rings. The van der Waals surface area contributed by atoms with Crippen molar-refractivity contribution in [2.24, 2.45) is 5.73 Å². The fourth-order valence-corrected chi connectivity index (χ4v) is 1.58. The van der Waals surface area contributed by atoms with Crippen molar-refractivity contribution in [2.45, 2.75) is 18.9 Å². The van der Waals surface area contributed by atoms with Gasteiger partial charge in [0.05, 0.1) is 12.4 Å². The van der Waals surface area contributed by atoms with Gasteiger partial charge in [-0.25, -0.2) is 4.98 Å². The van der Waals surface area contributed by atoms with Crippen LogP contribution in [0.2, 0.25) is 0 Å². The summed E-state index contributed by atoms with van der Waals surface area (Å²) in [6.07, 6.45) is 5.44. The van der Waals surface area contributed by atoms with Crippen LogP contribution in [0.1, 0.15) is 12.8 Å². The summed E-state index contributed by atoms with van der Waals surface area (Å²) >= 11 is 0. The van der Waals surface area contributed by atoms with Crippen LogP contribution in [0.5, 0.6) is 0 Å². The van der Waals surface area contributed by atoms with E-state index in [0.717, 1.165) is 25.9 Å². The predicted molar refractivity (Wildman–Crippen MR) is 49.2 cm³/mol. The van der Waals surface area contributed by atoms with Crippen LogP contribution in [-0.2, 0) is 0 Å². The van der Waals surface area contributed by atoms with E-state index < -0.39 is 0 Å². The highest BCUT2D eigenvalue weighted by Gasteiger charge is 2.18. The van der Waals surface area contributed by atoms with E-state index in [-0.39, 0.29) is 6.04 Å². The molecule has 1 fully saturated rings. The maximum absolute atomic E-state index is 5.84. The van der Waals surface area contributed by atoms with Gasteiger partial charge >= 0.3 is 0 Å². The zero-order valence-corrected chi connectivity index (χ0v) is 7.43. The van der Waals surface area contributed by atoms with Gasteiger partial charge in [0.25, 0.3) is 0 Å². The second kappa shape index (κ2) is 3.66. The van der Waals surface area contributed by atoms with E-state index in [4.69, 9.17) is 5.73 Å². The molecule has 2 N–H and O–H groups in total. The summed E-state index contributed by atoms with van der Waals surface area (Å²) in [4.78, 5) is 6.22. The molecule has 0 bridgehead atoms. The second-order valence-corrected chi connectivity index (χ2v) is 3.29. The second-order valence-electron chi connectivity index (χ2n) is 3.29. The molecule has 0 aromatic carbocycles. The Bertz CT molecular complexity index is 262. The summed E-state index contributed by atoms with van der Waals surface area (Å²) in [6, 6.07) is 0.248. The minimum absolute atomic E-state index is 0.248. The Morgan fingerprint density at radius 3 is 3.08 bits per heavy atom. The lowest BCUT2D eigenvalue weighted by Crippen LogP contribution is -2.43. The van der Waals surface area contributed by atoms with Crippen molar-refractivity contribution in [1.82, 2.24) is 15.2 Å². The molecule has 0 radical (unpaired) electrons. The maximum atomic E-state index is 5.84. The molecule has 1 saturated heterocycles. The summed E-state index contributed by atoms with van der Waals surface area (Å²) < 4.78 is 0. The van der Waals surface area contributed by atoms with Gasteiger partial charge in [-0.15, -0.1) is 5.10 Å². The fourth-order valence-electron chi connectivity index (χ4n) is 1.58. The number of hydrogen-bond donors (Lipinski definition) is 1. The molecule has 5 nitrogen and oxygen atoms in total. The molecule has 0 spiro atoms. The molecular formula is C8H13N5. The molecule has 0 amide bonds. The van der Waals surface area contributed by atoms with E-state index in [2.05, 4.69) is 20.1 Å². The monoisotopic (exact) mass is 179 g/mol. The Morgan fingerprint density at radius 2 is 2.38 bits per heavy atom. The zero-order valence-electron chi connectivity index (χ0n) is 7.43. The largest absolute Gasteiger partial charge is 0.338 e. The van der Waals surface area contributed by atoms with Crippen LogP contribution in [-0.4, -0.2) is 34.3 Å². The average molecular weight is 179 g/mol. The van der Waals surface area contributed by atoms with E-state index >= 15 is 0 Å². The molecular weight excluding hydrogens is 166 g/mol. The van der Waals surface area contributed by atoms with Gasteiger partial charge in [0.15, 0.2) is 0 Å². The number of anilines is 1. The molecule has 1 aromatic rings. The summed E-state index contributed by atoms with van der Waals surface area (Å²) in [5, 5.41) is 7.74. The quantitative estimate of drug-likeness (QED) is 0.646. The molecule has 2 heterocycles. The number of rotatable bonds is 1. The minimum Gasteiger partial charge on any atom is -0.338 e. The summed E-state index contributed by atoms with van der Waals surface area (Å²) in [6.45, 7) is 1.82. The summed E-state index contributed by atoms with van der Waals surface area (Å²) in [7, 11) is 0. The Morgan fingerprint density at radius 1 is 1.46 bits per heavy atom. The van der Waals surface area contributed by atoms with Gasteiger partial charge in [-0.2, -0.15) is 5.10 Å². The van der Waals surface area contributed by atoms with Gasteiger partial charge in [0.2, 0.25) is 5.95 Å². The topological polar surface area (TPSA) is 67.9 Å². The Labute approximate surface area is 77.0 Å². The van der Waals surface area contributed by atoms with Crippen LogP contribution >= 0.6 is 0 Å². The third-order valence-corrected chi connectivity index (χ3v) is 2.21. The number of nitrogens with two attached hydrogens (primary N) is 1. The molecule has 1 atom stereocenters. The molecule has 13 heavy (non-hydrogen) atoms. The average Bonchev–Trinajstić information content (AvgIpc) is 2.19. The summed E-state index contributed by atoms with van der Waals surface area (Å²) in [5.74, 6) is 0.692. The highest BCUT2D eigenvalue weighted by atomic mass is 15.3.